The van der Waals surface area contributed by atoms with E-state index in [1.165, 1.54) is 12.8 Å². The van der Waals surface area contributed by atoms with E-state index in [0.717, 1.165) is 38.4 Å². The molecule has 1 unspecified atom stereocenters. The number of aromatic nitrogens is 3. The number of piperidine rings is 1. The minimum absolute atomic E-state index is 0.569. The molecule has 2 aliphatic rings. The van der Waals surface area contributed by atoms with Gasteiger partial charge in [-0.3, -0.25) is 0 Å². The Bertz CT molecular complexity index is 500. The van der Waals surface area contributed by atoms with Crippen LogP contribution in [-0.2, 0) is 0 Å². The van der Waals surface area contributed by atoms with Crippen LogP contribution in [0.1, 0.15) is 32.6 Å². The lowest BCUT2D eigenvalue weighted by atomic mass is 9.95. The average molecular weight is 292 g/mol. The van der Waals surface area contributed by atoms with Gasteiger partial charge in [-0.05, 0) is 32.6 Å². The number of anilines is 3. The number of nitrogens with zero attached hydrogens (tertiary/aromatic N) is 5. The van der Waals surface area contributed by atoms with Gasteiger partial charge in [0.05, 0.1) is 5.60 Å². The summed E-state index contributed by atoms with van der Waals surface area (Å²) in [6, 6.07) is 0. The van der Waals surface area contributed by atoms with Crippen LogP contribution in [0.25, 0.3) is 0 Å². The first-order valence-electron chi connectivity index (χ1n) is 7.73. The van der Waals surface area contributed by atoms with Gasteiger partial charge in [0.1, 0.15) is 0 Å². The summed E-state index contributed by atoms with van der Waals surface area (Å²) in [4.78, 5) is 17.8. The van der Waals surface area contributed by atoms with Crippen molar-refractivity contribution >= 4 is 17.8 Å². The second-order valence-corrected chi connectivity index (χ2v) is 6.23. The third-order valence-corrected chi connectivity index (χ3v) is 4.18. The number of nitrogens with one attached hydrogen (secondary N) is 1. The molecule has 0 aliphatic carbocycles. The largest absolute Gasteiger partial charge is 0.388 e. The summed E-state index contributed by atoms with van der Waals surface area (Å²) in [6.07, 6.45) is 4.15. The summed E-state index contributed by atoms with van der Waals surface area (Å²) in [5, 5.41) is 13.3. The summed E-state index contributed by atoms with van der Waals surface area (Å²) in [6.45, 7) is 5.33. The van der Waals surface area contributed by atoms with E-state index < -0.39 is 5.60 Å². The molecule has 2 aliphatic heterocycles. The van der Waals surface area contributed by atoms with Gasteiger partial charge >= 0.3 is 0 Å². The van der Waals surface area contributed by atoms with E-state index in [4.69, 9.17) is 0 Å². The van der Waals surface area contributed by atoms with Crippen molar-refractivity contribution in [2.24, 2.45) is 0 Å². The quantitative estimate of drug-likeness (QED) is 0.855. The molecule has 7 nitrogen and oxygen atoms in total. The van der Waals surface area contributed by atoms with Crippen LogP contribution in [0.5, 0.6) is 0 Å². The smallest absolute Gasteiger partial charge is 0.232 e. The van der Waals surface area contributed by atoms with Crippen LogP contribution in [0.2, 0.25) is 0 Å². The number of aliphatic hydroxyl groups is 1. The van der Waals surface area contributed by atoms with E-state index in [9.17, 15) is 5.11 Å². The monoisotopic (exact) mass is 292 g/mol. The molecule has 2 fully saturated rings. The van der Waals surface area contributed by atoms with Gasteiger partial charge in [-0.25, -0.2) is 0 Å². The predicted molar refractivity (Wildman–Crippen MR) is 82.9 cm³/mol. The van der Waals surface area contributed by atoms with Crippen LogP contribution in [0.4, 0.5) is 17.8 Å². The highest BCUT2D eigenvalue weighted by molar-refractivity contribution is 5.46. The first-order chi connectivity index (χ1) is 10.1. The molecule has 1 atom stereocenters. The van der Waals surface area contributed by atoms with Crippen LogP contribution >= 0.6 is 0 Å². The zero-order chi connectivity index (χ0) is 14.9. The fourth-order valence-corrected chi connectivity index (χ4v) is 3.06. The standard InChI is InChI=1S/C14H24N6O/c1-14(21)6-5-9-20(10-14)13-17-11(15-2)16-12(18-13)19-7-3-4-8-19/h21H,3-10H2,1-2H3,(H,15,16,17,18). The Hall–Kier alpha value is -1.63. The molecule has 0 aromatic carbocycles. The third kappa shape index (κ3) is 3.18. The second kappa shape index (κ2) is 5.63. The van der Waals surface area contributed by atoms with Crippen molar-refractivity contribution in [3.05, 3.63) is 0 Å². The topological polar surface area (TPSA) is 77.4 Å². The molecule has 0 spiro atoms. The summed E-state index contributed by atoms with van der Waals surface area (Å²) in [5.74, 6) is 2.00. The van der Waals surface area contributed by atoms with E-state index in [1.54, 1.807) is 0 Å². The van der Waals surface area contributed by atoms with E-state index in [2.05, 4.69) is 30.1 Å². The summed E-state index contributed by atoms with van der Waals surface area (Å²) in [7, 11) is 1.82. The molecule has 1 aromatic heterocycles. The maximum absolute atomic E-state index is 10.3. The molecule has 3 rings (SSSR count). The third-order valence-electron chi connectivity index (χ3n) is 4.18. The van der Waals surface area contributed by atoms with Crippen LogP contribution < -0.4 is 15.1 Å². The summed E-state index contributed by atoms with van der Waals surface area (Å²) >= 11 is 0. The van der Waals surface area contributed by atoms with Gasteiger partial charge in [0, 0.05) is 33.2 Å². The molecule has 0 bridgehead atoms. The molecule has 3 heterocycles. The van der Waals surface area contributed by atoms with E-state index in [1.807, 2.05) is 14.0 Å². The maximum atomic E-state index is 10.3. The fraction of sp³-hybridized carbons (Fsp3) is 0.786. The van der Waals surface area contributed by atoms with Gasteiger partial charge in [-0.1, -0.05) is 0 Å². The van der Waals surface area contributed by atoms with E-state index in [0.29, 0.717) is 18.4 Å². The Kier molecular flexibility index (Phi) is 3.84. The highest BCUT2D eigenvalue weighted by Gasteiger charge is 2.30. The number of β-amino-alcohol motifs (C(OH)–C–C–N with tert-alkyl or cyclic N) is 1. The van der Waals surface area contributed by atoms with Crippen molar-refractivity contribution in [2.75, 3.05) is 48.3 Å². The van der Waals surface area contributed by atoms with Crippen LogP contribution in [0.3, 0.4) is 0 Å². The molecule has 0 saturated carbocycles. The summed E-state index contributed by atoms with van der Waals surface area (Å²) in [5.41, 5.74) is -0.668. The molecule has 0 amide bonds. The molecule has 1 aromatic rings. The van der Waals surface area contributed by atoms with Crippen molar-refractivity contribution in [2.45, 2.75) is 38.2 Å². The molecular weight excluding hydrogens is 268 g/mol. The molecule has 116 valence electrons. The SMILES string of the molecule is CNc1nc(N2CCCC2)nc(N2CCCC(C)(O)C2)n1. The predicted octanol–water partition coefficient (Wildman–Crippen LogP) is 0.865. The van der Waals surface area contributed by atoms with Crippen LogP contribution in [0.15, 0.2) is 0 Å². The molecular formula is C14H24N6O. The van der Waals surface area contributed by atoms with Gasteiger partial charge < -0.3 is 20.2 Å². The van der Waals surface area contributed by atoms with Crippen LogP contribution in [0, 0.1) is 0 Å². The maximum Gasteiger partial charge on any atom is 0.232 e. The van der Waals surface area contributed by atoms with Gasteiger partial charge in [0.25, 0.3) is 0 Å². The lowest BCUT2D eigenvalue weighted by Gasteiger charge is -2.37. The van der Waals surface area contributed by atoms with E-state index in [-0.39, 0.29) is 0 Å². The van der Waals surface area contributed by atoms with Crippen molar-refractivity contribution < 1.29 is 5.11 Å². The van der Waals surface area contributed by atoms with Crippen molar-refractivity contribution in [1.82, 2.24) is 15.0 Å². The average Bonchev–Trinajstić information content (AvgIpc) is 3.00. The Morgan fingerprint density at radius 3 is 2.24 bits per heavy atom. The zero-order valence-electron chi connectivity index (χ0n) is 12.8. The Balaban J connectivity index is 1.88. The molecule has 2 saturated heterocycles. The first-order valence-corrected chi connectivity index (χ1v) is 7.73. The van der Waals surface area contributed by atoms with Gasteiger partial charge in [-0.2, -0.15) is 15.0 Å². The first kappa shape index (κ1) is 14.3. The number of hydrogen-bond acceptors (Lipinski definition) is 7. The number of hydrogen-bond donors (Lipinski definition) is 2. The van der Waals surface area contributed by atoms with Gasteiger partial charge in [0.15, 0.2) is 0 Å². The summed E-state index contributed by atoms with van der Waals surface area (Å²) < 4.78 is 0. The molecule has 2 N–H and O–H groups in total. The molecule has 21 heavy (non-hydrogen) atoms. The lowest BCUT2D eigenvalue weighted by Crippen LogP contribution is -2.47. The Labute approximate surface area is 125 Å². The van der Waals surface area contributed by atoms with E-state index >= 15 is 0 Å². The second-order valence-electron chi connectivity index (χ2n) is 6.23. The Morgan fingerprint density at radius 2 is 1.62 bits per heavy atom. The lowest BCUT2D eigenvalue weighted by molar-refractivity contribution is 0.0444. The minimum Gasteiger partial charge on any atom is -0.388 e. The minimum atomic E-state index is -0.668. The molecule has 0 radical (unpaired) electrons. The Morgan fingerprint density at radius 1 is 1.00 bits per heavy atom. The normalized spacial score (nSPS) is 26.2. The number of rotatable bonds is 3. The zero-order valence-corrected chi connectivity index (χ0v) is 12.8. The fourth-order valence-electron chi connectivity index (χ4n) is 3.06. The van der Waals surface area contributed by atoms with Crippen molar-refractivity contribution in [3.63, 3.8) is 0 Å². The highest BCUT2D eigenvalue weighted by atomic mass is 16.3. The highest BCUT2D eigenvalue weighted by Crippen LogP contribution is 2.26. The van der Waals surface area contributed by atoms with Gasteiger partial charge in [-0.15, -0.1) is 0 Å². The van der Waals surface area contributed by atoms with Gasteiger partial charge in [0.2, 0.25) is 17.8 Å². The van der Waals surface area contributed by atoms with Crippen molar-refractivity contribution in [1.29, 1.82) is 0 Å². The van der Waals surface area contributed by atoms with Crippen LogP contribution in [-0.4, -0.2) is 58.9 Å². The molecule has 7 heteroatoms. The van der Waals surface area contributed by atoms with Crippen molar-refractivity contribution in [3.8, 4) is 0 Å².